The van der Waals surface area contributed by atoms with Gasteiger partial charge in [0.25, 0.3) is 0 Å². The van der Waals surface area contributed by atoms with Crippen LogP contribution in [-0.4, -0.2) is 134 Å². The summed E-state index contributed by atoms with van der Waals surface area (Å²) in [6.45, 7) is 15.5. The number of esters is 1. The summed E-state index contributed by atoms with van der Waals surface area (Å²) in [5.41, 5.74) is 9.79. The van der Waals surface area contributed by atoms with E-state index >= 15 is 0 Å². The fraction of sp³-hybridized carbons (Fsp3) is 0.154. The van der Waals surface area contributed by atoms with Crippen molar-refractivity contribution >= 4 is 110 Å². The molecule has 0 saturated heterocycles. The average molecular weight is 2020 g/mol. The van der Waals surface area contributed by atoms with Crippen LogP contribution in [0.5, 0.6) is 34.5 Å². The third kappa shape index (κ3) is 34.4. The van der Waals surface area contributed by atoms with Crippen LogP contribution in [0, 0.1) is 23.4 Å². The highest BCUT2D eigenvalue weighted by Crippen LogP contribution is 2.35. The molecule has 12 N–H and O–H groups in total. The van der Waals surface area contributed by atoms with Crippen LogP contribution < -0.4 is 14.2 Å². The number of rotatable bonds is 25. The van der Waals surface area contributed by atoms with E-state index in [0.29, 0.717) is 50.6 Å². The fourth-order valence-corrected chi connectivity index (χ4v) is 14.2. The van der Waals surface area contributed by atoms with E-state index in [2.05, 4.69) is 23.6 Å². The van der Waals surface area contributed by atoms with Gasteiger partial charge in [-0.25, -0.2) is 27.6 Å². The fourth-order valence-electron chi connectivity index (χ4n) is 14.0. The van der Waals surface area contributed by atoms with Crippen molar-refractivity contribution in [1.29, 1.82) is 0 Å². The van der Waals surface area contributed by atoms with Crippen LogP contribution in [0.2, 0.25) is 5.02 Å². The molecule has 16 aromatic rings. The molecule has 16 rings (SSSR count). The predicted octanol–water partition coefficient (Wildman–Crippen LogP) is 26.2. The standard InChI is InChI=1S/C16H14O3.C15H12ClNO2.C15H13FO2.C15H14O3.C14H14O3.C13H8F2O3.C13H18O2.C9H8O4.C7H6O3/c1-11(16(18)19)13-8-5-9-14(10-13)15(17)12-6-3-2-4-7-12;1-8(15(18)19)9-2-4-11-12-7-10(16)3-5-13(12)17-14(11)6-9;1-10(15(17)18)12-7-8-13(14(16)9-12)11-5-3-2-4-6-11;1-11(15(16)17)12-6-5-9-14(10-12)18-13-7-3-2-4-8-13;1-9(14(15)16)10-3-4-12-8-13(17-2)6-5-11(12)7-10;14-8-2-3-9(11(15)6-8)7-1-4-12(16)10(5-7)13(17)18;1-9(2)8-11-4-6-12(7-5-11)10(3)13(14)15;1-6(10)13-8-5-3-2-4-7(8)9(11)12;8-6-4-2-1-3-5(6)7(9)10/h2-11H,1H3,(H,18,19);2-8,17H,1H3,(H,18,19);2-10H,1H3,(H,17,18);2-11H,1H3,(H,16,17);3-9H,1-2H3,(H,15,16);1-6,16H,(H,17,18);4-7,9-10H,8H2,1-3H3,(H,14,15);2-5H,1H3,(H,11,12);1-4,8H,(H,9,10). The molecule has 0 fully saturated rings. The number of H-pyrrole nitrogens is 1. The number of nitrogens with one attached hydrogen (secondary N) is 1. The molecule has 15 aromatic carbocycles. The SMILES string of the molecule is CC(=O)Oc1ccccc1C(=O)O.CC(C(=O)O)c1ccc(-c2ccccc2)c(F)c1.CC(C(=O)O)c1ccc2c(c1)[nH]c1ccc(Cl)cc12.CC(C(=O)O)c1cccc(C(=O)c2ccccc2)c1.CC(C(=O)O)c1cccc(Oc2ccccc2)c1.CC(C)Cc1ccc(C(C)C(=O)O)cc1.COc1ccc2cc(C(C)C(=O)O)ccc2c1.O=C(O)c1cc(-c2ccc(F)cc2F)ccc1O.O=C(O)c1ccccc1O. The maximum Gasteiger partial charge on any atom is 0.339 e. The number of methoxy groups -OCH3 is 1. The molecule has 1 aromatic heterocycles. The maximum atomic E-state index is 14.0. The summed E-state index contributed by atoms with van der Waals surface area (Å²) >= 11 is 6.01. The number of carboxylic acid groups (broad SMARTS) is 9. The Morgan fingerprint density at radius 1 is 0.333 bits per heavy atom. The number of phenols is 2. The van der Waals surface area contributed by atoms with Crippen molar-refractivity contribution < 1.29 is 136 Å². The largest absolute Gasteiger partial charge is 0.507 e. The summed E-state index contributed by atoms with van der Waals surface area (Å²) in [6.07, 6.45) is 1.04. The van der Waals surface area contributed by atoms with Gasteiger partial charge in [0.05, 0.1) is 42.6 Å². The lowest BCUT2D eigenvalue weighted by Crippen LogP contribution is -2.09. The molecule has 6 atom stereocenters. The Balaban J connectivity index is 0.000000203. The van der Waals surface area contributed by atoms with Crippen molar-refractivity contribution in [3.63, 3.8) is 0 Å². The number of para-hydroxylation sites is 3. The van der Waals surface area contributed by atoms with E-state index in [1.807, 2.05) is 170 Å². The molecule has 0 aliphatic heterocycles. The number of aromatic amines is 1. The first-order valence-electron chi connectivity index (χ1n) is 45.5. The number of hydrogen-bond acceptors (Lipinski definition) is 16. The zero-order valence-electron chi connectivity index (χ0n) is 81.2. The van der Waals surface area contributed by atoms with E-state index in [-0.39, 0.29) is 45.1 Å². The topological polar surface area (TPSA) is 454 Å². The number of carbonyl (C=O) groups is 11. The normalized spacial score (nSPS) is 11.6. The number of carboxylic acids is 9. The number of fused-ring (bicyclic) bond motifs is 4. The molecule has 0 aliphatic carbocycles. The summed E-state index contributed by atoms with van der Waals surface area (Å²) in [7, 11) is 1.63. The lowest BCUT2D eigenvalue weighted by Gasteiger charge is -2.10. The Labute approximate surface area is 849 Å². The average Bonchev–Trinajstić information content (AvgIpc) is 1.62. The molecule has 0 amide bonds. The second-order valence-electron chi connectivity index (χ2n) is 33.6. The number of ketones is 1. The second-order valence-corrected chi connectivity index (χ2v) is 34.0. The minimum Gasteiger partial charge on any atom is -0.507 e. The van der Waals surface area contributed by atoms with Crippen LogP contribution >= 0.6 is 11.6 Å². The molecule has 0 radical (unpaired) electrons. The van der Waals surface area contributed by atoms with Gasteiger partial charge in [0, 0.05) is 62.1 Å². The molecule has 0 saturated carbocycles. The summed E-state index contributed by atoms with van der Waals surface area (Å²) in [6, 6.07) is 95.1. The number of hydrogen-bond donors (Lipinski definition) is 12. The van der Waals surface area contributed by atoms with Crippen molar-refractivity contribution in [1.82, 2.24) is 4.98 Å². The minimum atomic E-state index is -1.32. The first-order valence-corrected chi connectivity index (χ1v) is 45.9. The van der Waals surface area contributed by atoms with Gasteiger partial charge in [0.15, 0.2) is 5.78 Å². The lowest BCUT2D eigenvalue weighted by molar-refractivity contribution is -0.139. The highest BCUT2D eigenvalue weighted by molar-refractivity contribution is 6.32. The number of benzene rings is 15. The van der Waals surface area contributed by atoms with E-state index in [4.69, 9.17) is 72.1 Å². The van der Waals surface area contributed by atoms with Crippen LogP contribution in [0.15, 0.2) is 340 Å². The van der Waals surface area contributed by atoms with Crippen molar-refractivity contribution in [2.45, 2.75) is 104 Å². The highest BCUT2D eigenvalue weighted by Gasteiger charge is 2.23. The third-order valence-electron chi connectivity index (χ3n) is 22.6. The number of aromatic carboxylic acids is 3. The molecule has 758 valence electrons. The number of aromatic nitrogens is 1. The summed E-state index contributed by atoms with van der Waals surface area (Å²) in [4.78, 5) is 123. The minimum absolute atomic E-state index is 0.0160. The van der Waals surface area contributed by atoms with Gasteiger partial charge in [0.2, 0.25) is 0 Å². The monoisotopic (exact) mass is 2020 g/mol. The Morgan fingerprint density at radius 2 is 0.776 bits per heavy atom. The first-order chi connectivity index (χ1) is 69.8. The smallest absolute Gasteiger partial charge is 0.339 e. The van der Waals surface area contributed by atoms with E-state index in [9.17, 15) is 71.0 Å². The zero-order valence-corrected chi connectivity index (χ0v) is 82.0. The van der Waals surface area contributed by atoms with Crippen LogP contribution in [0.25, 0.3) is 54.8 Å². The molecular weight excluding hydrogens is 1910 g/mol. The summed E-state index contributed by atoms with van der Waals surface area (Å²) < 4.78 is 55.7. The number of halogens is 4. The van der Waals surface area contributed by atoms with Crippen LogP contribution in [0.1, 0.15) is 184 Å². The van der Waals surface area contributed by atoms with Crippen molar-refractivity contribution in [2.75, 3.05) is 7.11 Å². The number of carbonyl (C=O) groups excluding carboxylic acids is 2. The van der Waals surface area contributed by atoms with Crippen molar-refractivity contribution in [3.05, 3.63) is 429 Å². The van der Waals surface area contributed by atoms with Crippen molar-refractivity contribution in [2.24, 2.45) is 5.92 Å². The summed E-state index contributed by atoms with van der Waals surface area (Å²) in [5.74, 6) is -12.2. The summed E-state index contributed by atoms with van der Waals surface area (Å²) in [5, 5.41) is 103. The molecule has 0 spiro atoms. The molecule has 30 heteroatoms. The molecule has 26 nitrogen and oxygen atoms in total. The second kappa shape index (κ2) is 55.4. The Morgan fingerprint density at radius 3 is 1.31 bits per heavy atom. The maximum absolute atomic E-state index is 14.0. The third-order valence-corrected chi connectivity index (χ3v) is 22.8. The van der Waals surface area contributed by atoms with Crippen LogP contribution in [0.3, 0.4) is 0 Å². The Kier molecular flexibility index (Phi) is 43.1. The van der Waals surface area contributed by atoms with E-state index in [0.717, 1.165) is 96.5 Å². The zero-order chi connectivity index (χ0) is 108. The van der Waals surface area contributed by atoms with E-state index in [1.54, 1.807) is 152 Å². The van der Waals surface area contributed by atoms with Gasteiger partial charge >= 0.3 is 59.7 Å². The van der Waals surface area contributed by atoms with Gasteiger partial charge in [-0.1, -0.05) is 238 Å². The quantitative estimate of drug-likeness (QED) is 0.0144. The molecular formula is C117H107ClF3NO25. The van der Waals surface area contributed by atoms with Gasteiger partial charge in [0.1, 0.15) is 68.6 Å². The van der Waals surface area contributed by atoms with Gasteiger partial charge in [-0.05, 0) is 236 Å². The molecule has 0 aliphatic rings. The van der Waals surface area contributed by atoms with Crippen LogP contribution in [-0.2, 0) is 40.0 Å². The van der Waals surface area contributed by atoms with Gasteiger partial charge < -0.3 is 75.4 Å². The van der Waals surface area contributed by atoms with Gasteiger partial charge in [-0.15, -0.1) is 0 Å². The predicted molar refractivity (Wildman–Crippen MR) is 554 cm³/mol. The molecule has 0 bridgehead atoms. The molecule has 147 heavy (non-hydrogen) atoms. The number of aliphatic carboxylic acids is 6. The van der Waals surface area contributed by atoms with Crippen LogP contribution in [0.4, 0.5) is 13.2 Å². The molecule has 1 heterocycles. The van der Waals surface area contributed by atoms with Gasteiger partial charge in [-0.2, -0.15) is 0 Å². The van der Waals surface area contributed by atoms with E-state index in [1.165, 1.54) is 55.0 Å². The highest BCUT2D eigenvalue weighted by atomic mass is 35.5. The van der Waals surface area contributed by atoms with Crippen molar-refractivity contribution in [3.8, 4) is 56.8 Å². The Hall–Kier alpha value is -18.0. The number of aromatic hydroxyl groups is 2. The van der Waals surface area contributed by atoms with E-state index < -0.39 is 118 Å². The number of ether oxygens (including phenoxy) is 3. The lowest BCUT2D eigenvalue weighted by atomic mass is 9.96. The molecule has 6 unspecified atom stereocenters. The van der Waals surface area contributed by atoms with Gasteiger partial charge in [-0.3, -0.25) is 38.4 Å². The first kappa shape index (κ1) is 114. The Bertz CT molecular complexity index is 7300.